The van der Waals surface area contributed by atoms with Crippen molar-refractivity contribution in [3.63, 3.8) is 0 Å². The molecule has 0 fully saturated rings. The third-order valence-electron chi connectivity index (χ3n) is 4.63. The zero-order valence-electron chi connectivity index (χ0n) is 17.0. The van der Waals surface area contributed by atoms with E-state index >= 15 is 0 Å². The van der Waals surface area contributed by atoms with Crippen LogP contribution in [0.2, 0.25) is 0 Å². The number of halogens is 3. The fourth-order valence-electron chi connectivity index (χ4n) is 3.19. The lowest BCUT2D eigenvalue weighted by Gasteiger charge is -2.19. The van der Waals surface area contributed by atoms with Crippen LogP contribution in [0.4, 0.5) is 13.2 Å². The normalized spacial score (nSPS) is 14.7. The maximum absolute atomic E-state index is 12.9. The molecular weight excluding hydrogens is 415 g/mol. The van der Waals surface area contributed by atoms with E-state index in [0.717, 1.165) is 24.8 Å². The molecule has 0 saturated heterocycles. The van der Waals surface area contributed by atoms with Crippen molar-refractivity contribution < 1.29 is 32.2 Å². The van der Waals surface area contributed by atoms with Crippen LogP contribution in [-0.4, -0.2) is 43.1 Å². The van der Waals surface area contributed by atoms with Crippen molar-refractivity contribution in [3.05, 3.63) is 53.5 Å². The maximum atomic E-state index is 12.9. The molecule has 1 aliphatic carbocycles. The SMILES string of the molecule is COC[C@@H](NC(=O)c1cc(OC)nc(C2=CCCC2)n1)c1ccc(OC(F)(F)F)cc1. The topological polar surface area (TPSA) is 82.6 Å². The van der Waals surface area contributed by atoms with Crippen molar-refractivity contribution in [3.8, 4) is 11.6 Å². The molecule has 0 spiro atoms. The lowest BCUT2D eigenvalue weighted by molar-refractivity contribution is -0.274. The number of amides is 1. The van der Waals surface area contributed by atoms with Gasteiger partial charge in [-0.05, 0) is 42.5 Å². The first-order chi connectivity index (χ1) is 14.8. The molecule has 1 atom stereocenters. The molecule has 0 saturated carbocycles. The quantitative estimate of drug-likeness (QED) is 0.671. The van der Waals surface area contributed by atoms with Gasteiger partial charge in [-0.2, -0.15) is 4.98 Å². The summed E-state index contributed by atoms with van der Waals surface area (Å²) in [6, 6.07) is 6.03. The van der Waals surface area contributed by atoms with Crippen LogP contribution >= 0.6 is 0 Å². The molecule has 3 rings (SSSR count). The highest BCUT2D eigenvalue weighted by Crippen LogP contribution is 2.27. The van der Waals surface area contributed by atoms with Crippen LogP contribution in [0, 0.1) is 0 Å². The molecule has 0 aliphatic heterocycles. The Bertz CT molecular complexity index is 946. The van der Waals surface area contributed by atoms with Crippen LogP contribution in [0.5, 0.6) is 11.6 Å². The molecule has 0 unspecified atom stereocenters. The van der Waals surface area contributed by atoms with Gasteiger partial charge in [-0.3, -0.25) is 4.79 Å². The number of allylic oxidation sites excluding steroid dienone is 2. The molecule has 10 heteroatoms. The Morgan fingerprint density at radius 2 is 1.94 bits per heavy atom. The lowest BCUT2D eigenvalue weighted by Crippen LogP contribution is -2.32. The van der Waals surface area contributed by atoms with Gasteiger partial charge in [0.25, 0.3) is 5.91 Å². The molecule has 1 amide bonds. The molecule has 7 nitrogen and oxygen atoms in total. The van der Waals surface area contributed by atoms with E-state index in [1.807, 2.05) is 6.08 Å². The monoisotopic (exact) mass is 437 g/mol. The van der Waals surface area contributed by atoms with E-state index < -0.39 is 18.3 Å². The zero-order chi connectivity index (χ0) is 22.4. The number of nitrogens with zero attached hydrogens (tertiary/aromatic N) is 2. The Kier molecular flexibility index (Phi) is 7.11. The third kappa shape index (κ3) is 6.17. The second-order valence-electron chi connectivity index (χ2n) is 6.84. The molecule has 1 N–H and O–H groups in total. The second kappa shape index (κ2) is 9.78. The summed E-state index contributed by atoms with van der Waals surface area (Å²) in [6.45, 7) is 0.103. The highest BCUT2D eigenvalue weighted by atomic mass is 19.4. The van der Waals surface area contributed by atoms with Crippen LogP contribution < -0.4 is 14.8 Å². The molecule has 1 aromatic heterocycles. The number of nitrogens with one attached hydrogen (secondary N) is 1. The van der Waals surface area contributed by atoms with Crippen molar-refractivity contribution in [1.29, 1.82) is 0 Å². The molecule has 31 heavy (non-hydrogen) atoms. The van der Waals surface area contributed by atoms with Gasteiger partial charge in [-0.25, -0.2) is 4.98 Å². The van der Waals surface area contributed by atoms with Crippen LogP contribution in [-0.2, 0) is 4.74 Å². The lowest BCUT2D eigenvalue weighted by atomic mass is 10.1. The Morgan fingerprint density at radius 3 is 2.52 bits per heavy atom. The Balaban J connectivity index is 1.80. The standard InChI is InChI=1S/C21H22F3N3O4/c1-29-12-17(13-7-9-15(10-8-13)31-21(22,23)24)26-20(28)16-11-18(30-2)27-19(25-16)14-5-3-4-6-14/h5,7-11,17H,3-4,6,12H2,1-2H3,(H,26,28)/t17-/m1/s1. The molecule has 1 aliphatic rings. The van der Waals surface area contributed by atoms with E-state index in [4.69, 9.17) is 9.47 Å². The first-order valence-electron chi connectivity index (χ1n) is 9.57. The minimum atomic E-state index is -4.78. The summed E-state index contributed by atoms with van der Waals surface area (Å²) in [5.41, 5.74) is 1.62. The Hall–Kier alpha value is -3.14. The van der Waals surface area contributed by atoms with Gasteiger partial charge in [-0.15, -0.1) is 13.2 Å². The van der Waals surface area contributed by atoms with E-state index in [1.165, 1.54) is 44.6 Å². The molecule has 0 bridgehead atoms. The molecule has 1 aromatic carbocycles. The van der Waals surface area contributed by atoms with Gasteiger partial charge >= 0.3 is 6.36 Å². The fourth-order valence-corrected chi connectivity index (χ4v) is 3.19. The number of hydrogen-bond acceptors (Lipinski definition) is 6. The van der Waals surface area contributed by atoms with Gasteiger partial charge in [0.2, 0.25) is 5.88 Å². The number of carbonyl (C=O) groups is 1. The number of methoxy groups -OCH3 is 2. The summed E-state index contributed by atoms with van der Waals surface area (Å²) in [5.74, 6) is -0.134. The number of carbonyl (C=O) groups excluding carboxylic acids is 1. The second-order valence-corrected chi connectivity index (χ2v) is 6.84. The number of hydrogen-bond donors (Lipinski definition) is 1. The average molecular weight is 437 g/mol. The summed E-state index contributed by atoms with van der Waals surface area (Å²) in [4.78, 5) is 21.6. The van der Waals surface area contributed by atoms with Crippen LogP contribution in [0.1, 0.15) is 47.2 Å². The summed E-state index contributed by atoms with van der Waals surface area (Å²) in [6.07, 6.45) is 0.0185. The highest BCUT2D eigenvalue weighted by Gasteiger charge is 2.31. The summed E-state index contributed by atoms with van der Waals surface area (Å²) in [5, 5.41) is 2.80. The molecule has 0 radical (unpaired) electrons. The minimum absolute atomic E-state index is 0.103. The summed E-state index contributed by atoms with van der Waals surface area (Å²) in [7, 11) is 2.91. The smallest absolute Gasteiger partial charge is 0.481 e. The zero-order valence-corrected chi connectivity index (χ0v) is 17.0. The molecular formula is C21H22F3N3O4. The van der Waals surface area contributed by atoms with E-state index in [1.54, 1.807) is 0 Å². The van der Waals surface area contributed by atoms with Gasteiger partial charge in [0, 0.05) is 13.2 Å². The number of aromatic nitrogens is 2. The molecule has 2 aromatic rings. The van der Waals surface area contributed by atoms with Crippen molar-refractivity contribution in [1.82, 2.24) is 15.3 Å². The van der Waals surface area contributed by atoms with Gasteiger partial charge in [-0.1, -0.05) is 18.2 Å². The van der Waals surface area contributed by atoms with E-state index in [-0.39, 0.29) is 23.9 Å². The van der Waals surface area contributed by atoms with Crippen molar-refractivity contribution in [2.24, 2.45) is 0 Å². The predicted molar refractivity (Wildman–Crippen MR) is 106 cm³/mol. The molecule has 1 heterocycles. The predicted octanol–water partition coefficient (Wildman–Crippen LogP) is 4.07. The average Bonchev–Trinajstić information content (AvgIpc) is 3.27. The first-order valence-corrected chi connectivity index (χ1v) is 9.57. The summed E-state index contributed by atoms with van der Waals surface area (Å²) < 4.78 is 51.3. The van der Waals surface area contributed by atoms with Crippen molar-refractivity contribution >= 4 is 11.5 Å². The first kappa shape index (κ1) is 22.5. The summed E-state index contributed by atoms with van der Waals surface area (Å²) >= 11 is 0. The number of benzene rings is 1. The van der Waals surface area contributed by atoms with E-state index in [9.17, 15) is 18.0 Å². The third-order valence-corrected chi connectivity index (χ3v) is 4.63. The number of rotatable bonds is 8. The van der Waals surface area contributed by atoms with Gasteiger partial charge in [0.15, 0.2) is 5.82 Å². The van der Waals surface area contributed by atoms with Gasteiger partial charge in [0.1, 0.15) is 11.4 Å². The largest absolute Gasteiger partial charge is 0.573 e. The Labute approximate surface area is 177 Å². The van der Waals surface area contributed by atoms with E-state index in [0.29, 0.717) is 11.4 Å². The minimum Gasteiger partial charge on any atom is -0.481 e. The van der Waals surface area contributed by atoms with Crippen molar-refractivity contribution in [2.45, 2.75) is 31.7 Å². The maximum Gasteiger partial charge on any atom is 0.573 e. The number of alkyl halides is 3. The van der Waals surface area contributed by atoms with Crippen LogP contribution in [0.3, 0.4) is 0 Å². The van der Waals surface area contributed by atoms with Gasteiger partial charge in [0.05, 0.1) is 19.8 Å². The van der Waals surface area contributed by atoms with Crippen LogP contribution in [0.25, 0.3) is 5.57 Å². The molecule has 166 valence electrons. The highest BCUT2D eigenvalue weighted by molar-refractivity contribution is 5.93. The van der Waals surface area contributed by atoms with Crippen molar-refractivity contribution in [2.75, 3.05) is 20.8 Å². The number of ether oxygens (including phenoxy) is 3. The fraction of sp³-hybridized carbons (Fsp3) is 0.381. The van der Waals surface area contributed by atoms with Gasteiger partial charge < -0.3 is 19.5 Å². The van der Waals surface area contributed by atoms with E-state index in [2.05, 4.69) is 20.0 Å². The van der Waals surface area contributed by atoms with Crippen LogP contribution in [0.15, 0.2) is 36.4 Å². The Morgan fingerprint density at radius 1 is 1.19 bits per heavy atom.